The molecule has 26 heavy (non-hydrogen) atoms. The van der Waals surface area contributed by atoms with E-state index in [1.165, 1.54) is 0 Å². The third-order valence-electron chi connectivity index (χ3n) is 4.45. The smallest absolute Gasteiger partial charge is 0.321 e. The van der Waals surface area contributed by atoms with E-state index in [4.69, 9.17) is 17.3 Å². The largest absolute Gasteiger partial charge is 0.368 e. The second-order valence-electron chi connectivity index (χ2n) is 6.18. The lowest BCUT2D eigenvalue weighted by Gasteiger charge is -2.38. The molecule has 136 valence electrons. The average Bonchev–Trinajstić information content (AvgIpc) is 2.65. The minimum atomic E-state index is -0.474. The fourth-order valence-electron chi connectivity index (χ4n) is 3.11. The van der Waals surface area contributed by atoms with E-state index in [-0.39, 0.29) is 11.9 Å². The molecule has 1 heterocycles. The molecule has 0 radical (unpaired) electrons. The lowest BCUT2D eigenvalue weighted by Crippen LogP contribution is -2.52. The van der Waals surface area contributed by atoms with Gasteiger partial charge in [-0.05, 0) is 29.8 Å². The van der Waals surface area contributed by atoms with Crippen LogP contribution in [-0.4, -0.2) is 47.9 Å². The Kier molecular flexibility index (Phi) is 5.75. The number of nitrogens with one attached hydrogen (secondary N) is 1. The molecule has 1 aliphatic rings. The maximum Gasteiger partial charge on any atom is 0.321 e. The van der Waals surface area contributed by atoms with E-state index in [1.54, 1.807) is 29.2 Å². The number of nitrogens with two attached hydrogens (primary N) is 1. The van der Waals surface area contributed by atoms with Gasteiger partial charge in [-0.3, -0.25) is 9.69 Å². The van der Waals surface area contributed by atoms with Gasteiger partial charge in [-0.25, -0.2) is 4.79 Å². The number of anilines is 1. The summed E-state index contributed by atoms with van der Waals surface area (Å²) >= 11 is 5.85. The first kappa shape index (κ1) is 18.2. The van der Waals surface area contributed by atoms with E-state index in [2.05, 4.69) is 5.32 Å². The van der Waals surface area contributed by atoms with Crippen molar-refractivity contribution in [2.75, 3.05) is 31.5 Å². The minimum absolute atomic E-state index is 0.165. The second-order valence-corrected chi connectivity index (χ2v) is 6.61. The Bertz CT molecular complexity index is 759. The maximum absolute atomic E-state index is 12.4. The van der Waals surface area contributed by atoms with E-state index in [0.717, 1.165) is 5.56 Å². The van der Waals surface area contributed by atoms with Gasteiger partial charge in [0.15, 0.2) is 0 Å². The quantitative estimate of drug-likeness (QED) is 0.866. The van der Waals surface area contributed by atoms with E-state index in [9.17, 15) is 9.59 Å². The third-order valence-corrected chi connectivity index (χ3v) is 4.70. The van der Waals surface area contributed by atoms with E-state index >= 15 is 0 Å². The standard InChI is InChI=1S/C19H21ClN4O2/c20-15-6-8-16(9-7-15)22-19(26)24-12-10-23(11-13-24)17(18(21)25)14-4-2-1-3-5-14/h1-9,17H,10-13H2,(H2,21,25)(H,22,26)/t17-/m0/s1. The third kappa shape index (κ3) is 4.33. The van der Waals surface area contributed by atoms with Crippen molar-refractivity contribution >= 4 is 29.2 Å². The molecule has 0 aromatic heterocycles. The van der Waals surface area contributed by atoms with Gasteiger partial charge in [0.2, 0.25) is 5.91 Å². The maximum atomic E-state index is 12.4. The normalized spacial score (nSPS) is 16.1. The number of nitrogens with zero attached hydrogens (tertiary/aromatic N) is 2. The average molecular weight is 373 g/mol. The van der Waals surface area contributed by atoms with Crippen LogP contribution >= 0.6 is 11.6 Å². The first-order valence-corrected chi connectivity index (χ1v) is 8.82. The van der Waals surface area contributed by atoms with Crippen LogP contribution in [0.15, 0.2) is 54.6 Å². The zero-order valence-corrected chi connectivity index (χ0v) is 15.0. The lowest BCUT2D eigenvalue weighted by molar-refractivity contribution is -0.124. The molecular formula is C19H21ClN4O2. The van der Waals surface area contributed by atoms with Gasteiger partial charge in [0.1, 0.15) is 6.04 Å². The number of hydrogen-bond acceptors (Lipinski definition) is 3. The number of halogens is 1. The SMILES string of the molecule is NC(=O)[C@H](c1ccccc1)N1CCN(C(=O)Nc2ccc(Cl)cc2)CC1. The molecule has 2 aromatic carbocycles. The number of primary amides is 1. The lowest BCUT2D eigenvalue weighted by atomic mass is 10.0. The number of amides is 3. The van der Waals surface area contributed by atoms with Crippen molar-refractivity contribution in [3.63, 3.8) is 0 Å². The van der Waals surface area contributed by atoms with Crippen LogP contribution < -0.4 is 11.1 Å². The summed E-state index contributed by atoms with van der Waals surface area (Å²) in [5.41, 5.74) is 7.19. The summed E-state index contributed by atoms with van der Waals surface area (Å²) in [6.07, 6.45) is 0. The van der Waals surface area contributed by atoms with Crippen LogP contribution in [0.5, 0.6) is 0 Å². The van der Waals surface area contributed by atoms with Crippen molar-refractivity contribution in [2.24, 2.45) is 5.73 Å². The van der Waals surface area contributed by atoms with Gasteiger partial charge in [-0.1, -0.05) is 41.9 Å². The molecule has 3 rings (SSSR count). The summed E-state index contributed by atoms with van der Waals surface area (Å²) in [6, 6.07) is 15.8. The first-order chi connectivity index (χ1) is 12.5. The van der Waals surface area contributed by atoms with Crippen molar-refractivity contribution in [2.45, 2.75) is 6.04 Å². The molecule has 0 aliphatic carbocycles. The van der Waals surface area contributed by atoms with Gasteiger partial charge >= 0.3 is 6.03 Å². The predicted molar refractivity (Wildman–Crippen MR) is 102 cm³/mol. The number of carbonyl (C=O) groups is 2. The summed E-state index contributed by atoms with van der Waals surface area (Å²) in [7, 11) is 0. The van der Waals surface area contributed by atoms with Gasteiger partial charge in [0.05, 0.1) is 0 Å². The number of hydrogen-bond donors (Lipinski definition) is 2. The highest BCUT2D eigenvalue weighted by Gasteiger charge is 2.30. The summed E-state index contributed by atoms with van der Waals surface area (Å²) < 4.78 is 0. The van der Waals surface area contributed by atoms with E-state index in [1.807, 2.05) is 35.2 Å². The Balaban J connectivity index is 1.60. The Labute approximate surface area is 157 Å². The molecule has 0 saturated carbocycles. The molecule has 7 heteroatoms. The van der Waals surface area contributed by atoms with Crippen molar-refractivity contribution in [3.8, 4) is 0 Å². The monoisotopic (exact) mass is 372 g/mol. The zero-order valence-electron chi connectivity index (χ0n) is 14.3. The van der Waals surface area contributed by atoms with Crippen LogP contribution in [0.1, 0.15) is 11.6 Å². The highest BCUT2D eigenvalue weighted by atomic mass is 35.5. The highest BCUT2D eigenvalue weighted by Crippen LogP contribution is 2.22. The van der Waals surface area contributed by atoms with Crippen LogP contribution in [0.4, 0.5) is 10.5 Å². The molecule has 1 atom stereocenters. The van der Waals surface area contributed by atoms with Gasteiger partial charge in [0, 0.05) is 36.9 Å². The van der Waals surface area contributed by atoms with Crippen LogP contribution in [0.3, 0.4) is 0 Å². The predicted octanol–water partition coefficient (Wildman–Crippen LogP) is 2.72. The molecule has 0 bridgehead atoms. The number of benzene rings is 2. The van der Waals surface area contributed by atoms with Crippen molar-refractivity contribution in [3.05, 3.63) is 65.2 Å². The molecule has 6 nitrogen and oxygen atoms in total. The highest BCUT2D eigenvalue weighted by molar-refractivity contribution is 6.30. The fraction of sp³-hybridized carbons (Fsp3) is 0.263. The minimum Gasteiger partial charge on any atom is -0.368 e. The number of urea groups is 1. The molecule has 1 fully saturated rings. The molecular weight excluding hydrogens is 352 g/mol. The number of carbonyl (C=O) groups excluding carboxylic acids is 2. The van der Waals surface area contributed by atoms with Crippen molar-refractivity contribution in [1.82, 2.24) is 9.80 Å². The Morgan fingerprint density at radius 3 is 2.15 bits per heavy atom. The van der Waals surface area contributed by atoms with Crippen molar-refractivity contribution in [1.29, 1.82) is 0 Å². The summed E-state index contributed by atoms with van der Waals surface area (Å²) in [6.45, 7) is 2.21. The molecule has 0 unspecified atom stereocenters. The Hall–Kier alpha value is -2.57. The van der Waals surface area contributed by atoms with Gasteiger partial charge in [-0.15, -0.1) is 0 Å². The zero-order chi connectivity index (χ0) is 18.5. The van der Waals surface area contributed by atoms with E-state index < -0.39 is 6.04 Å². The Morgan fingerprint density at radius 2 is 1.58 bits per heavy atom. The molecule has 0 spiro atoms. The summed E-state index contributed by atoms with van der Waals surface area (Å²) in [5, 5.41) is 3.48. The molecule has 1 saturated heterocycles. The van der Waals surface area contributed by atoms with Crippen LogP contribution in [0, 0.1) is 0 Å². The van der Waals surface area contributed by atoms with Crippen LogP contribution in [0.2, 0.25) is 5.02 Å². The van der Waals surface area contributed by atoms with Crippen LogP contribution in [-0.2, 0) is 4.79 Å². The van der Waals surface area contributed by atoms with Gasteiger partial charge < -0.3 is 16.0 Å². The molecule has 3 amide bonds. The van der Waals surface area contributed by atoms with Crippen molar-refractivity contribution < 1.29 is 9.59 Å². The van der Waals surface area contributed by atoms with Gasteiger partial charge in [-0.2, -0.15) is 0 Å². The molecule has 2 aromatic rings. The molecule has 3 N–H and O–H groups in total. The molecule has 1 aliphatic heterocycles. The number of piperazine rings is 1. The summed E-state index contributed by atoms with van der Waals surface area (Å²) in [4.78, 5) is 28.1. The topological polar surface area (TPSA) is 78.7 Å². The van der Waals surface area contributed by atoms with Crippen LogP contribution in [0.25, 0.3) is 0 Å². The summed E-state index contributed by atoms with van der Waals surface area (Å²) in [5.74, 6) is -0.379. The fourth-order valence-corrected chi connectivity index (χ4v) is 3.24. The number of rotatable bonds is 4. The Morgan fingerprint density at radius 1 is 0.962 bits per heavy atom. The van der Waals surface area contributed by atoms with Gasteiger partial charge in [0.25, 0.3) is 0 Å². The van der Waals surface area contributed by atoms with E-state index in [0.29, 0.717) is 36.9 Å². The first-order valence-electron chi connectivity index (χ1n) is 8.44. The second kappa shape index (κ2) is 8.21.